The zero-order valence-corrected chi connectivity index (χ0v) is 19.2. The standard InChI is InChI=1S/C23H24FN3O2S2/c1-15(2)13-19(21-9-6-12-30-21)26-22(29)11-10-17-14-31-23(25-17)27(16(3)28)20-8-5-4-7-18(20)24/h4-12,14-15,19H,13H2,1-3H3,(H,26,29). The number of carbonyl (C=O) groups excluding carboxylic acids is 2. The number of nitrogens with one attached hydrogen (secondary N) is 1. The lowest BCUT2D eigenvalue weighted by molar-refractivity contribution is -0.117. The van der Waals surface area contributed by atoms with Crippen LogP contribution >= 0.6 is 22.7 Å². The van der Waals surface area contributed by atoms with Crippen LogP contribution in [0.2, 0.25) is 0 Å². The van der Waals surface area contributed by atoms with E-state index >= 15 is 0 Å². The monoisotopic (exact) mass is 457 g/mol. The molecule has 8 heteroatoms. The number of benzene rings is 1. The van der Waals surface area contributed by atoms with Gasteiger partial charge >= 0.3 is 0 Å². The highest BCUT2D eigenvalue weighted by molar-refractivity contribution is 7.14. The summed E-state index contributed by atoms with van der Waals surface area (Å²) < 4.78 is 14.2. The van der Waals surface area contributed by atoms with Crippen LogP contribution in [-0.4, -0.2) is 16.8 Å². The first-order valence-electron chi connectivity index (χ1n) is 9.88. The number of aromatic nitrogens is 1. The summed E-state index contributed by atoms with van der Waals surface area (Å²) in [6.45, 7) is 5.60. The SMILES string of the molecule is CC(=O)N(c1nc(C=CC(=O)NC(CC(C)C)c2cccs2)cs1)c1ccccc1F. The Morgan fingerprint density at radius 2 is 1.97 bits per heavy atom. The number of thiazole rings is 1. The number of carbonyl (C=O) groups is 2. The molecule has 5 nitrogen and oxygen atoms in total. The van der Waals surface area contributed by atoms with Crippen molar-refractivity contribution in [2.24, 2.45) is 5.92 Å². The molecule has 31 heavy (non-hydrogen) atoms. The second-order valence-electron chi connectivity index (χ2n) is 7.40. The molecule has 0 aliphatic rings. The topological polar surface area (TPSA) is 62.3 Å². The Bertz CT molecular complexity index is 1060. The van der Waals surface area contributed by atoms with Gasteiger partial charge in [0.05, 0.1) is 17.4 Å². The van der Waals surface area contributed by atoms with Crippen molar-refractivity contribution in [3.8, 4) is 0 Å². The third kappa shape index (κ3) is 6.08. The highest BCUT2D eigenvalue weighted by Gasteiger charge is 2.21. The summed E-state index contributed by atoms with van der Waals surface area (Å²) in [5.41, 5.74) is 0.666. The minimum absolute atomic E-state index is 0.0441. The van der Waals surface area contributed by atoms with Gasteiger partial charge in [0.2, 0.25) is 11.8 Å². The van der Waals surface area contributed by atoms with Gasteiger partial charge in [0, 0.05) is 23.3 Å². The van der Waals surface area contributed by atoms with E-state index in [0.29, 0.717) is 16.7 Å². The Labute approximate surface area is 189 Å². The molecule has 2 heterocycles. The van der Waals surface area contributed by atoms with Crippen LogP contribution in [0.25, 0.3) is 6.08 Å². The molecule has 0 saturated carbocycles. The number of hydrogen-bond acceptors (Lipinski definition) is 5. The van der Waals surface area contributed by atoms with E-state index in [2.05, 4.69) is 24.1 Å². The van der Waals surface area contributed by atoms with Gasteiger partial charge in [-0.05, 0) is 42.0 Å². The molecule has 1 aromatic carbocycles. The molecular weight excluding hydrogens is 433 g/mol. The zero-order chi connectivity index (χ0) is 22.4. The van der Waals surface area contributed by atoms with E-state index in [4.69, 9.17) is 0 Å². The number of thiophene rings is 1. The molecule has 162 valence electrons. The van der Waals surface area contributed by atoms with Crippen LogP contribution in [0.1, 0.15) is 43.8 Å². The van der Waals surface area contributed by atoms with Gasteiger partial charge in [0.15, 0.2) is 5.13 Å². The predicted molar refractivity (Wildman–Crippen MR) is 125 cm³/mol. The number of para-hydroxylation sites is 1. The number of hydrogen-bond donors (Lipinski definition) is 1. The van der Waals surface area contributed by atoms with E-state index < -0.39 is 5.82 Å². The second kappa shape index (κ2) is 10.5. The molecule has 0 spiro atoms. The van der Waals surface area contributed by atoms with Gasteiger partial charge in [0.1, 0.15) is 5.82 Å². The van der Waals surface area contributed by atoms with E-state index in [0.717, 1.165) is 11.3 Å². The Hall–Kier alpha value is -2.84. The van der Waals surface area contributed by atoms with Crippen molar-refractivity contribution < 1.29 is 14.0 Å². The summed E-state index contributed by atoms with van der Waals surface area (Å²) in [4.78, 5) is 31.4. The molecule has 2 aromatic heterocycles. The molecule has 2 amide bonds. The molecule has 0 radical (unpaired) electrons. The molecule has 1 unspecified atom stereocenters. The third-order valence-electron chi connectivity index (χ3n) is 4.43. The van der Waals surface area contributed by atoms with Gasteiger partial charge < -0.3 is 5.32 Å². The first-order chi connectivity index (χ1) is 14.8. The van der Waals surface area contributed by atoms with Gasteiger partial charge in [-0.25, -0.2) is 9.37 Å². The number of amides is 2. The molecule has 0 aliphatic carbocycles. The molecule has 3 rings (SSSR count). The minimum atomic E-state index is -0.505. The van der Waals surface area contributed by atoms with Gasteiger partial charge in [-0.3, -0.25) is 14.5 Å². The third-order valence-corrected chi connectivity index (χ3v) is 6.26. The van der Waals surface area contributed by atoms with Crippen molar-refractivity contribution in [3.63, 3.8) is 0 Å². The lowest BCUT2D eigenvalue weighted by atomic mass is 10.0. The Morgan fingerprint density at radius 3 is 2.61 bits per heavy atom. The van der Waals surface area contributed by atoms with Crippen molar-refractivity contribution >= 4 is 51.4 Å². The molecule has 1 atom stereocenters. The molecule has 3 aromatic rings. The highest BCUT2D eigenvalue weighted by atomic mass is 32.1. The lowest BCUT2D eigenvalue weighted by Crippen LogP contribution is -2.27. The zero-order valence-electron chi connectivity index (χ0n) is 17.5. The maximum Gasteiger partial charge on any atom is 0.244 e. The molecule has 1 N–H and O–H groups in total. The van der Waals surface area contributed by atoms with Gasteiger partial charge in [-0.15, -0.1) is 22.7 Å². The number of nitrogens with zero attached hydrogens (tertiary/aromatic N) is 2. The van der Waals surface area contributed by atoms with Crippen LogP contribution < -0.4 is 10.2 Å². The van der Waals surface area contributed by atoms with Crippen LogP contribution in [0, 0.1) is 11.7 Å². The van der Waals surface area contributed by atoms with Crippen molar-refractivity contribution in [2.75, 3.05) is 4.90 Å². The number of anilines is 2. The fraction of sp³-hybridized carbons (Fsp3) is 0.261. The average Bonchev–Trinajstić information content (AvgIpc) is 3.39. The maximum atomic E-state index is 14.2. The fourth-order valence-electron chi connectivity index (χ4n) is 3.08. The van der Waals surface area contributed by atoms with E-state index in [-0.39, 0.29) is 23.5 Å². The summed E-state index contributed by atoms with van der Waals surface area (Å²) in [6.07, 6.45) is 3.87. The van der Waals surface area contributed by atoms with Crippen molar-refractivity contribution in [1.82, 2.24) is 10.3 Å². The Kier molecular flexibility index (Phi) is 7.70. The first-order valence-corrected chi connectivity index (χ1v) is 11.6. The molecule has 0 saturated heterocycles. The van der Waals surface area contributed by atoms with E-state index in [1.54, 1.807) is 34.9 Å². The first kappa shape index (κ1) is 22.8. The van der Waals surface area contributed by atoms with E-state index in [1.165, 1.54) is 41.4 Å². The second-order valence-corrected chi connectivity index (χ2v) is 9.22. The Morgan fingerprint density at radius 1 is 1.19 bits per heavy atom. The predicted octanol–water partition coefficient (Wildman–Crippen LogP) is 5.95. The molecule has 0 bridgehead atoms. The van der Waals surface area contributed by atoms with E-state index in [9.17, 15) is 14.0 Å². The van der Waals surface area contributed by atoms with Crippen LogP contribution in [0.5, 0.6) is 0 Å². The van der Waals surface area contributed by atoms with Crippen LogP contribution in [0.3, 0.4) is 0 Å². The van der Waals surface area contributed by atoms with Gasteiger partial charge in [-0.1, -0.05) is 32.0 Å². The molecular formula is C23H24FN3O2S2. The fourth-order valence-corrected chi connectivity index (χ4v) is 4.72. The summed E-state index contributed by atoms with van der Waals surface area (Å²) >= 11 is 2.83. The quantitative estimate of drug-likeness (QED) is 0.426. The normalized spacial score (nSPS) is 12.3. The minimum Gasteiger partial charge on any atom is -0.345 e. The summed E-state index contributed by atoms with van der Waals surface area (Å²) in [7, 11) is 0. The highest BCUT2D eigenvalue weighted by Crippen LogP contribution is 2.31. The summed E-state index contributed by atoms with van der Waals surface area (Å²) in [5, 5.41) is 7.11. The molecule has 0 aliphatic heterocycles. The Balaban J connectivity index is 1.72. The van der Waals surface area contributed by atoms with Crippen molar-refractivity contribution in [2.45, 2.75) is 33.2 Å². The number of rotatable bonds is 8. The van der Waals surface area contributed by atoms with Crippen LogP contribution in [0.4, 0.5) is 15.2 Å². The summed E-state index contributed by atoms with van der Waals surface area (Å²) in [6, 6.07) is 10.0. The van der Waals surface area contributed by atoms with Gasteiger partial charge in [0.25, 0.3) is 0 Å². The van der Waals surface area contributed by atoms with Crippen molar-refractivity contribution in [1.29, 1.82) is 0 Å². The van der Waals surface area contributed by atoms with Crippen LogP contribution in [-0.2, 0) is 9.59 Å². The largest absolute Gasteiger partial charge is 0.345 e. The number of halogens is 1. The summed E-state index contributed by atoms with van der Waals surface area (Å²) in [5.74, 6) is -0.631. The molecule has 0 fully saturated rings. The maximum absolute atomic E-state index is 14.2. The van der Waals surface area contributed by atoms with E-state index in [1.807, 2.05) is 17.5 Å². The lowest BCUT2D eigenvalue weighted by Gasteiger charge is -2.18. The average molecular weight is 458 g/mol. The van der Waals surface area contributed by atoms with Crippen LogP contribution in [0.15, 0.2) is 53.2 Å². The van der Waals surface area contributed by atoms with Gasteiger partial charge in [-0.2, -0.15) is 0 Å². The smallest absolute Gasteiger partial charge is 0.244 e. The van der Waals surface area contributed by atoms with Crippen molar-refractivity contribution in [3.05, 3.63) is 69.6 Å².